The van der Waals surface area contributed by atoms with Gasteiger partial charge in [0, 0.05) is 4.92 Å². The molecule has 1 aromatic rings. The average molecular weight is 335 g/mol. The minimum absolute atomic E-state index is 0.229. The lowest BCUT2D eigenvalue weighted by Gasteiger charge is -2.32. The summed E-state index contributed by atoms with van der Waals surface area (Å²) in [5.74, 6) is 0. The van der Waals surface area contributed by atoms with E-state index in [1.807, 2.05) is 30.3 Å². The number of rotatable bonds is 10. The Morgan fingerprint density at radius 3 is 2.75 bits per heavy atom. The zero-order valence-electron chi connectivity index (χ0n) is 14.6. The molecule has 0 bridgehead atoms. The molecule has 0 saturated carbocycles. The van der Waals surface area contributed by atoms with Gasteiger partial charge >= 0.3 is 0 Å². The van der Waals surface area contributed by atoms with Crippen LogP contribution in [0, 0.1) is 10.1 Å². The molecule has 0 unspecified atom stereocenters. The molecule has 1 saturated heterocycles. The standard InChI is InChI=1S/C19H29NO4/c1-2-3-4-8-12-17-13-9-14-19(23-17)24-18(15-20(21)22)16-10-6-5-7-11-16/h5-7,10-11,17-19H,2-4,8-9,12-15H2,1H3/t17-,18-,19+/m0/s1. The van der Waals surface area contributed by atoms with Gasteiger partial charge in [-0.1, -0.05) is 62.9 Å². The third-order valence-electron chi connectivity index (χ3n) is 4.49. The van der Waals surface area contributed by atoms with E-state index in [-0.39, 0.29) is 23.9 Å². The highest BCUT2D eigenvalue weighted by Gasteiger charge is 2.28. The molecule has 0 aromatic heterocycles. The fraction of sp³-hybridized carbons (Fsp3) is 0.684. The predicted molar refractivity (Wildman–Crippen MR) is 93.4 cm³/mol. The molecular formula is C19H29NO4. The zero-order chi connectivity index (χ0) is 17.2. The lowest BCUT2D eigenvalue weighted by Crippen LogP contribution is -2.32. The van der Waals surface area contributed by atoms with E-state index in [0.717, 1.165) is 31.2 Å². The average Bonchev–Trinajstić information content (AvgIpc) is 2.59. The second kappa shape index (κ2) is 10.4. The van der Waals surface area contributed by atoms with Crippen LogP contribution >= 0.6 is 0 Å². The first kappa shape index (κ1) is 18.9. The number of benzene rings is 1. The Labute approximate surface area is 144 Å². The van der Waals surface area contributed by atoms with Gasteiger partial charge in [-0.05, 0) is 31.2 Å². The summed E-state index contributed by atoms with van der Waals surface area (Å²) in [6, 6.07) is 9.41. The fourth-order valence-electron chi connectivity index (χ4n) is 3.19. The molecular weight excluding hydrogens is 306 g/mol. The van der Waals surface area contributed by atoms with Crippen LogP contribution in [-0.2, 0) is 9.47 Å². The van der Waals surface area contributed by atoms with E-state index < -0.39 is 6.10 Å². The van der Waals surface area contributed by atoms with Crippen molar-refractivity contribution >= 4 is 0 Å². The first-order valence-electron chi connectivity index (χ1n) is 9.16. The summed E-state index contributed by atoms with van der Waals surface area (Å²) in [5.41, 5.74) is 0.836. The van der Waals surface area contributed by atoms with Gasteiger partial charge < -0.3 is 9.47 Å². The largest absolute Gasteiger partial charge is 0.349 e. The third kappa shape index (κ3) is 6.57. The van der Waals surface area contributed by atoms with Crippen molar-refractivity contribution < 1.29 is 14.4 Å². The Bertz CT molecular complexity index is 480. The van der Waals surface area contributed by atoms with E-state index >= 15 is 0 Å². The lowest BCUT2D eigenvalue weighted by molar-refractivity contribution is -0.496. The lowest BCUT2D eigenvalue weighted by atomic mass is 10.0. The molecule has 1 fully saturated rings. The molecule has 1 aliphatic rings. The number of nitro groups is 1. The van der Waals surface area contributed by atoms with Crippen molar-refractivity contribution in [1.29, 1.82) is 0 Å². The summed E-state index contributed by atoms with van der Waals surface area (Å²) in [4.78, 5) is 10.7. The molecule has 2 rings (SSSR count). The van der Waals surface area contributed by atoms with Crippen molar-refractivity contribution in [1.82, 2.24) is 0 Å². The third-order valence-corrected chi connectivity index (χ3v) is 4.49. The fourth-order valence-corrected chi connectivity index (χ4v) is 3.19. The maximum atomic E-state index is 11.0. The Balaban J connectivity index is 1.87. The topological polar surface area (TPSA) is 61.6 Å². The molecule has 0 spiro atoms. The number of hydrogen-bond donors (Lipinski definition) is 0. The normalized spacial score (nSPS) is 22.2. The van der Waals surface area contributed by atoms with Gasteiger partial charge in [0.2, 0.25) is 6.54 Å². The van der Waals surface area contributed by atoms with E-state index in [2.05, 4.69) is 6.92 Å². The maximum absolute atomic E-state index is 11.0. The number of hydrogen-bond acceptors (Lipinski definition) is 4. The minimum atomic E-state index is -0.551. The van der Waals surface area contributed by atoms with Gasteiger partial charge in [0.25, 0.3) is 0 Å². The van der Waals surface area contributed by atoms with Crippen LogP contribution in [0.4, 0.5) is 0 Å². The molecule has 1 heterocycles. The van der Waals surface area contributed by atoms with Crippen LogP contribution in [0.5, 0.6) is 0 Å². The van der Waals surface area contributed by atoms with Crippen LogP contribution in [0.25, 0.3) is 0 Å². The highest BCUT2D eigenvalue weighted by Crippen LogP contribution is 2.28. The van der Waals surface area contributed by atoms with Gasteiger partial charge in [-0.15, -0.1) is 0 Å². The molecule has 5 nitrogen and oxygen atoms in total. The van der Waals surface area contributed by atoms with Crippen molar-refractivity contribution in [3.8, 4) is 0 Å². The molecule has 0 amide bonds. The molecule has 3 atom stereocenters. The van der Waals surface area contributed by atoms with Crippen LogP contribution in [0.3, 0.4) is 0 Å². The Kier molecular flexibility index (Phi) is 8.19. The maximum Gasteiger partial charge on any atom is 0.233 e. The number of ether oxygens (including phenoxy) is 2. The molecule has 5 heteroatoms. The van der Waals surface area contributed by atoms with Gasteiger partial charge in [0.15, 0.2) is 6.29 Å². The number of nitrogens with zero attached hydrogens (tertiary/aromatic N) is 1. The van der Waals surface area contributed by atoms with Crippen LogP contribution < -0.4 is 0 Å². The number of unbranched alkanes of at least 4 members (excludes halogenated alkanes) is 3. The van der Waals surface area contributed by atoms with Crippen LogP contribution in [0.2, 0.25) is 0 Å². The Morgan fingerprint density at radius 2 is 2.04 bits per heavy atom. The monoisotopic (exact) mass is 335 g/mol. The summed E-state index contributed by atoms with van der Waals surface area (Å²) in [6.45, 7) is 1.98. The summed E-state index contributed by atoms with van der Waals surface area (Å²) in [5, 5.41) is 11.0. The quantitative estimate of drug-likeness (QED) is 0.347. The SMILES string of the molecule is CCCCCC[C@H]1CCC[C@@H](O[C@@H](C[N+](=O)[O-])c2ccccc2)O1. The summed E-state index contributed by atoms with van der Waals surface area (Å²) < 4.78 is 12.0. The Hall–Kier alpha value is -1.46. The molecule has 0 radical (unpaired) electrons. The molecule has 0 aliphatic carbocycles. The molecule has 134 valence electrons. The second-order valence-corrected chi connectivity index (χ2v) is 6.52. The van der Waals surface area contributed by atoms with Gasteiger partial charge in [-0.2, -0.15) is 0 Å². The van der Waals surface area contributed by atoms with Crippen molar-refractivity contribution in [3.63, 3.8) is 0 Å². The van der Waals surface area contributed by atoms with E-state index in [0.29, 0.717) is 0 Å². The van der Waals surface area contributed by atoms with Crippen molar-refractivity contribution in [2.24, 2.45) is 0 Å². The van der Waals surface area contributed by atoms with E-state index in [9.17, 15) is 10.1 Å². The molecule has 24 heavy (non-hydrogen) atoms. The van der Waals surface area contributed by atoms with Crippen LogP contribution in [0.15, 0.2) is 30.3 Å². The second-order valence-electron chi connectivity index (χ2n) is 6.52. The van der Waals surface area contributed by atoms with Gasteiger partial charge in [0.1, 0.15) is 6.10 Å². The zero-order valence-corrected chi connectivity index (χ0v) is 14.6. The van der Waals surface area contributed by atoms with Crippen molar-refractivity contribution in [2.75, 3.05) is 6.54 Å². The van der Waals surface area contributed by atoms with Gasteiger partial charge in [-0.25, -0.2) is 0 Å². The predicted octanol–water partition coefficient (Wildman–Crippen LogP) is 4.89. The Morgan fingerprint density at radius 1 is 1.25 bits per heavy atom. The summed E-state index contributed by atoms with van der Waals surface area (Å²) in [6.07, 6.45) is 8.27. The van der Waals surface area contributed by atoms with Crippen LogP contribution in [0.1, 0.15) is 70.0 Å². The van der Waals surface area contributed by atoms with E-state index in [1.165, 1.54) is 25.7 Å². The first-order valence-corrected chi connectivity index (χ1v) is 9.16. The molecule has 0 N–H and O–H groups in total. The smallest absolute Gasteiger partial charge is 0.233 e. The van der Waals surface area contributed by atoms with Crippen LogP contribution in [-0.4, -0.2) is 23.9 Å². The van der Waals surface area contributed by atoms with E-state index in [1.54, 1.807) is 0 Å². The molecule has 1 aromatic carbocycles. The summed E-state index contributed by atoms with van der Waals surface area (Å²) in [7, 11) is 0. The van der Waals surface area contributed by atoms with E-state index in [4.69, 9.17) is 9.47 Å². The summed E-state index contributed by atoms with van der Waals surface area (Å²) >= 11 is 0. The highest BCUT2D eigenvalue weighted by molar-refractivity contribution is 5.17. The highest BCUT2D eigenvalue weighted by atomic mass is 16.7. The van der Waals surface area contributed by atoms with Gasteiger partial charge in [0.05, 0.1) is 6.10 Å². The van der Waals surface area contributed by atoms with Crippen molar-refractivity contribution in [2.45, 2.75) is 76.8 Å². The van der Waals surface area contributed by atoms with Gasteiger partial charge in [-0.3, -0.25) is 10.1 Å². The molecule has 1 aliphatic heterocycles. The first-order chi connectivity index (χ1) is 11.7. The minimum Gasteiger partial charge on any atom is -0.349 e. The van der Waals surface area contributed by atoms with Crippen molar-refractivity contribution in [3.05, 3.63) is 46.0 Å².